The molecule has 0 amide bonds. The van der Waals surface area contributed by atoms with Gasteiger partial charge in [-0.2, -0.15) is 0 Å². The molecule has 0 bridgehead atoms. The molecule has 1 heterocycles. The summed E-state index contributed by atoms with van der Waals surface area (Å²) in [6.07, 6.45) is 0.798. The first kappa shape index (κ1) is 11.6. The number of rotatable bonds is 5. The maximum Gasteiger partial charge on any atom is 0.329 e. The number of Topliss-reactive ketones (excluding diaryl/α,β-unsaturated/α-hetero) is 1. The van der Waals surface area contributed by atoms with E-state index in [1.165, 1.54) is 0 Å². The normalized spacial score (nSPS) is 12.9. The number of carboxylic acid groups (broad SMARTS) is 1. The lowest BCUT2D eigenvalue weighted by molar-refractivity contribution is -0.141. The van der Waals surface area contributed by atoms with E-state index in [-0.39, 0.29) is 12.4 Å². The molecular formula is C12H12O5. The molecule has 0 radical (unpaired) electrons. The zero-order valence-corrected chi connectivity index (χ0v) is 9.14. The maximum atomic E-state index is 11.7. The van der Waals surface area contributed by atoms with E-state index in [0.29, 0.717) is 12.2 Å². The van der Waals surface area contributed by atoms with E-state index in [4.69, 9.17) is 14.6 Å². The van der Waals surface area contributed by atoms with Gasteiger partial charge in [0.2, 0.25) is 0 Å². The van der Waals surface area contributed by atoms with E-state index in [2.05, 4.69) is 0 Å². The molecular weight excluding hydrogens is 224 g/mol. The molecule has 0 saturated heterocycles. The number of carbonyl (C=O) groups excluding carboxylic acids is 1. The average Bonchev–Trinajstić information content (AvgIpc) is 2.75. The van der Waals surface area contributed by atoms with Crippen LogP contribution in [0.15, 0.2) is 18.2 Å². The van der Waals surface area contributed by atoms with Crippen LogP contribution in [0.25, 0.3) is 0 Å². The number of benzene rings is 1. The summed E-state index contributed by atoms with van der Waals surface area (Å²) in [6, 6.07) is 5.19. The van der Waals surface area contributed by atoms with E-state index < -0.39 is 12.6 Å². The predicted octanol–water partition coefficient (Wildman–Crippen LogP) is 0.905. The van der Waals surface area contributed by atoms with Gasteiger partial charge in [0, 0.05) is 12.0 Å². The first-order chi connectivity index (χ1) is 8.16. The Kier molecular flexibility index (Phi) is 3.39. The Labute approximate surface area is 98.0 Å². The van der Waals surface area contributed by atoms with Crippen LogP contribution >= 0.6 is 0 Å². The molecule has 0 unspecified atom stereocenters. The third-order valence-corrected chi connectivity index (χ3v) is 2.47. The molecule has 0 atom stereocenters. The fourth-order valence-electron chi connectivity index (χ4n) is 1.67. The lowest BCUT2D eigenvalue weighted by Crippen LogP contribution is -2.14. The van der Waals surface area contributed by atoms with E-state index in [1.54, 1.807) is 18.2 Å². The van der Waals surface area contributed by atoms with Crippen molar-refractivity contribution in [1.29, 1.82) is 0 Å². The van der Waals surface area contributed by atoms with E-state index >= 15 is 0 Å². The summed E-state index contributed by atoms with van der Waals surface area (Å²) in [4.78, 5) is 21.9. The Morgan fingerprint density at radius 3 is 2.94 bits per heavy atom. The highest BCUT2D eigenvalue weighted by atomic mass is 16.5. The molecule has 1 aromatic rings. The molecule has 1 aliphatic rings. The number of fused-ring (bicyclic) bond motifs is 1. The summed E-state index contributed by atoms with van der Waals surface area (Å²) in [6.45, 7) is -0.0335. The second kappa shape index (κ2) is 4.97. The second-order valence-electron chi connectivity index (χ2n) is 3.73. The number of carboxylic acids is 1. The molecule has 0 aliphatic carbocycles. The Morgan fingerprint density at radius 1 is 1.35 bits per heavy atom. The summed E-state index contributed by atoms with van der Waals surface area (Å²) < 4.78 is 10.1. The Balaban J connectivity index is 1.97. The van der Waals surface area contributed by atoms with Gasteiger partial charge in [0.05, 0.1) is 6.61 Å². The maximum absolute atomic E-state index is 11.7. The largest absolute Gasteiger partial charge is 0.493 e. The standard InChI is InChI=1S/C12H12O5/c13-10(6-16-7-12(14)15)8-1-2-11-9(5-8)3-4-17-11/h1-2,5H,3-4,6-7H2,(H,14,15). The Hall–Kier alpha value is -1.88. The lowest BCUT2D eigenvalue weighted by Gasteiger charge is -2.03. The number of hydrogen-bond acceptors (Lipinski definition) is 4. The topological polar surface area (TPSA) is 72.8 Å². The van der Waals surface area contributed by atoms with Crippen LogP contribution in [0.3, 0.4) is 0 Å². The SMILES string of the molecule is O=C(O)COCC(=O)c1ccc2c(c1)CCO2. The highest BCUT2D eigenvalue weighted by Crippen LogP contribution is 2.25. The lowest BCUT2D eigenvalue weighted by atomic mass is 10.1. The average molecular weight is 236 g/mol. The summed E-state index contributed by atoms with van der Waals surface area (Å²) in [5.74, 6) is -0.492. The molecule has 2 rings (SSSR count). The van der Waals surface area contributed by atoms with Crippen LogP contribution in [0.1, 0.15) is 15.9 Å². The molecule has 5 nitrogen and oxygen atoms in total. The molecule has 5 heteroatoms. The van der Waals surface area contributed by atoms with Crippen LogP contribution < -0.4 is 4.74 Å². The van der Waals surface area contributed by atoms with Crippen molar-refractivity contribution in [2.24, 2.45) is 0 Å². The van der Waals surface area contributed by atoms with Crippen molar-refractivity contribution >= 4 is 11.8 Å². The fraction of sp³-hybridized carbons (Fsp3) is 0.333. The molecule has 0 fully saturated rings. The summed E-state index contributed by atoms with van der Waals surface area (Å²) >= 11 is 0. The van der Waals surface area contributed by atoms with Crippen LogP contribution in [0.5, 0.6) is 5.75 Å². The van der Waals surface area contributed by atoms with Gasteiger partial charge in [-0.3, -0.25) is 4.79 Å². The number of hydrogen-bond donors (Lipinski definition) is 1. The van der Waals surface area contributed by atoms with Gasteiger partial charge in [0.1, 0.15) is 19.0 Å². The summed E-state index contributed by atoms with van der Waals surface area (Å²) in [7, 11) is 0. The van der Waals surface area contributed by atoms with E-state index in [1.807, 2.05) is 0 Å². The van der Waals surface area contributed by atoms with Gasteiger partial charge in [0.25, 0.3) is 0 Å². The highest BCUT2D eigenvalue weighted by molar-refractivity contribution is 5.97. The smallest absolute Gasteiger partial charge is 0.329 e. The molecule has 1 aliphatic heterocycles. The van der Waals surface area contributed by atoms with Crippen molar-refractivity contribution in [1.82, 2.24) is 0 Å². The molecule has 17 heavy (non-hydrogen) atoms. The Bertz CT molecular complexity index is 452. The van der Waals surface area contributed by atoms with Gasteiger partial charge in [-0.25, -0.2) is 4.79 Å². The van der Waals surface area contributed by atoms with Crippen molar-refractivity contribution in [2.45, 2.75) is 6.42 Å². The number of aliphatic carboxylic acids is 1. The van der Waals surface area contributed by atoms with Crippen LogP contribution in [0.2, 0.25) is 0 Å². The zero-order chi connectivity index (χ0) is 12.3. The van der Waals surface area contributed by atoms with Crippen molar-refractivity contribution < 1.29 is 24.2 Å². The van der Waals surface area contributed by atoms with Crippen molar-refractivity contribution in [3.8, 4) is 5.75 Å². The second-order valence-corrected chi connectivity index (χ2v) is 3.73. The fourth-order valence-corrected chi connectivity index (χ4v) is 1.67. The number of ether oxygens (including phenoxy) is 2. The summed E-state index contributed by atoms with van der Waals surface area (Å²) in [5.41, 5.74) is 1.54. The van der Waals surface area contributed by atoms with Gasteiger partial charge in [-0.1, -0.05) is 0 Å². The van der Waals surface area contributed by atoms with Crippen LogP contribution in [-0.2, 0) is 16.0 Å². The third kappa shape index (κ3) is 2.82. The molecule has 90 valence electrons. The summed E-state index contributed by atoms with van der Waals surface area (Å²) in [5, 5.41) is 8.37. The van der Waals surface area contributed by atoms with Crippen LogP contribution in [0, 0.1) is 0 Å². The Morgan fingerprint density at radius 2 is 2.18 bits per heavy atom. The van der Waals surface area contributed by atoms with E-state index in [0.717, 1.165) is 17.7 Å². The minimum atomic E-state index is -1.08. The van der Waals surface area contributed by atoms with Crippen molar-refractivity contribution in [3.05, 3.63) is 29.3 Å². The molecule has 0 saturated carbocycles. The number of carbonyl (C=O) groups is 2. The van der Waals surface area contributed by atoms with Gasteiger partial charge in [-0.15, -0.1) is 0 Å². The highest BCUT2D eigenvalue weighted by Gasteiger charge is 2.15. The first-order valence-corrected chi connectivity index (χ1v) is 5.25. The van der Waals surface area contributed by atoms with Crippen molar-refractivity contribution in [3.63, 3.8) is 0 Å². The number of ketones is 1. The minimum absolute atomic E-state index is 0.216. The van der Waals surface area contributed by atoms with Gasteiger partial charge < -0.3 is 14.6 Å². The zero-order valence-electron chi connectivity index (χ0n) is 9.14. The molecule has 1 aromatic carbocycles. The van der Waals surface area contributed by atoms with Crippen LogP contribution in [0.4, 0.5) is 0 Å². The van der Waals surface area contributed by atoms with Crippen molar-refractivity contribution in [2.75, 3.05) is 19.8 Å². The van der Waals surface area contributed by atoms with Gasteiger partial charge in [-0.05, 0) is 23.8 Å². The molecule has 0 aromatic heterocycles. The molecule has 1 N–H and O–H groups in total. The minimum Gasteiger partial charge on any atom is -0.493 e. The van der Waals surface area contributed by atoms with Crippen LogP contribution in [-0.4, -0.2) is 36.7 Å². The predicted molar refractivity (Wildman–Crippen MR) is 58.4 cm³/mol. The monoisotopic (exact) mass is 236 g/mol. The first-order valence-electron chi connectivity index (χ1n) is 5.25. The van der Waals surface area contributed by atoms with E-state index in [9.17, 15) is 9.59 Å². The van der Waals surface area contributed by atoms with Gasteiger partial charge in [0.15, 0.2) is 5.78 Å². The third-order valence-electron chi connectivity index (χ3n) is 2.47. The quantitative estimate of drug-likeness (QED) is 0.769. The molecule has 0 spiro atoms. The van der Waals surface area contributed by atoms with Gasteiger partial charge >= 0.3 is 5.97 Å².